The maximum atomic E-state index is 12.5. The number of nitrogens with zero attached hydrogens (tertiary/aromatic N) is 3. The van der Waals surface area contributed by atoms with E-state index in [-0.39, 0.29) is 17.8 Å². The lowest BCUT2D eigenvalue weighted by Gasteiger charge is -2.29. The standard InChI is InChI=1S/C19H26N4O3/c24-12-22-7-5-15(6-8-22)23-17-10-14(11-20-18(17)21-19(23)26)13-3-1-2-4-16(25)9-13/h10-13,15-16,25H,1-9H2,(H,20,21,26). The first-order valence-corrected chi connectivity index (χ1v) is 9.63. The van der Waals surface area contributed by atoms with Crippen LogP contribution in [0.2, 0.25) is 0 Å². The Hall–Kier alpha value is -2.15. The summed E-state index contributed by atoms with van der Waals surface area (Å²) in [5.41, 5.74) is 2.44. The first-order chi connectivity index (χ1) is 12.7. The Morgan fingerprint density at radius 2 is 1.96 bits per heavy atom. The van der Waals surface area contributed by atoms with Crippen molar-refractivity contribution in [3.63, 3.8) is 0 Å². The average molecular weight is 358 g/mol. The predicted octanol–water partition coefficient (Wildman–Crippen LogP) is 1.93. The van der Waals surface area contributed by atoms with E-state index < -0.39 is 0 Å². The van der Waals surface area contributed by atoms with E-state index in [9.17, 15) is 14.7 Å². The molecule has 7 heteroatoms. The van der Waals surface area contributed by atoms with Gasteiger partial charge < -0.3 is 10.0 Å². The summed E-state index contributed by atoms with van der Waals surface area (Å²) in [7, 11) is 0. The molecule has 2 fully saturated rings. The van der Waals surface area contributed by atoms with Gasteiger partial charge in [-0.25, -0.2) is 9.78 Å². The smallest absolute Gasteiger partial charge is 0.327 e. The highest BCUT2D eigenvalue weighted by atomic mass is 16.3. The van der Waals surface area contributed by atoms with Crippen molar-refractivity contribution in [2.75, 3.05) is 13.1 Å². The molecule has 3 heterocycles. The van der Waals surface area contributed by atoms with Crippen molar-refractivity contribution < 1.29 is 9.90 Å². The van der Waals surface area contributed by atoms with Crippen molar-refractivity contribution in [2.45, 2.75) is 63.0 Å². The summed E-state index contributed by atoms with van der Waals surface area (Å²) < 4.78 is 1.82. The third-order valence-corrected chi connectivity index (χ3v) is 5.97. The minimum absolute atomic E-state index is 0.0872. The summed E-state index contributed by atoms with van der Waals surface area (Å²) in [4.78, 5) is 32.6. The number of rotatable bonds is 3. The number of amides is 1. The van der Waals surface area contributed by atoms with Crippen LogP contribution < -0.4 is 5.69 Å². The van der Waals surface area contributed by atoms with Gasteiger partial charge in [0.05, 0.1) is 11.6 Å². The normalized spacial score (nSPS) is 25.3. The van der Waals surface area contributed by atoms with Gasteiger partial charge in [0.15, 0.2) is 5.65 Å². The fraction of sp³-hybridized carbons (Fsp3) is 0.632. The van der Waals surface area contributed by atoms with Gasteiger partial charge in [-0.3, -0.25) is 14.3 Å². The summed E-state index contributed by atoms with van der Waals surface area (Å²) in [6, 6.07) is 2.17. The molecule has 1 saturated heterocycles. The molecule has 0 spiro atoms. The van der Waals surface area contributed by atoms with Gasteiger partial charge >= 0.3 is 5.69 Å². The van der Waals surface area contributed by atoms with Gasteiger partial charge in [0.2, 0.25) is 6.41 Å². The van der Waals surface area contributed by atoms with E-state index in [4.69, 9.17) is 0 Å². The number of aromatic nitrogens is 3. The number of hydrogen-bond donors (Lipinski definition) is 2. The van der Waals surface area contributed by atoms with Crippen molar-refractivity contribution in [3.8, 4) is 0 Å². The molecule has 2 unspecified atom stereocenters. The minimum Gasteiger partial charge on any atom is -0.393 e. The maximum Gasteiger partial charge on any atom is 0.327 e. The number of nitrogens with one attached hydrogen (secondary N) is 1. The number of fused-ring (bicyclic) bond motifs is 1. The molecule has 26 heavy (non-hydrogen) atoms. The number of hydrogen-bond acceptors (Lipinski definition) is 4. The number of imidazole rings is 1. The molecule has 0 aromatic carbocycles. The molecular weight excluding hydrogens is 332 g/mol. The Morgan fingerprint density at radius 1 is 1.19 bits per heavy atom. The number of aliphatic hydroxyl groups excluding tert-OH is 1. The fourth-order valence-corrected chi connectivity index (χ4v) is 4.49. The number of aliphatic hydroxyl groups is 1. The van der Waals surface area contributed by atoms with E-state index in [0.717, 1.165) is 62.4 Å². The number of carbonyl (C=O) groups excluding carboxylic acids is 1. The molecule has 1 aliphatic carbocycles. The molecular formula is C19H26N4O3. The van der Waals surface area contributed by atoms with Crippen LogP contribution in [-0.2, 0) is 4.79 Å². The molecule has 1 amide bonds. The van der Waals surface area contributed by atoms with Gasteiger partial charge in [0.25, 0.3) is 0 Å². The minimum atomic E-state index is -0.251. The number of aromatic amines is 1. The first kappa shape index (κ1) is 17.3. The van der Waals surface area contributed by atoms with Crippen LogP contribution in [0.15, 0.2) is 17.1 Å². The van der Waals surface area contributed by atoms with Crippen LogP contribution in [0.5, 0.6) is 0 Å². The number of carbonyl (C=O) groups is 1. The van der Waals surface area contributed by atoms with Gasteiger partial charge in [0.1, 0.15) is 0 Å². The summed E-state index contributed by atoms with van der Waals surface area (Å²) in [5.74, 6) is 0.291. The topological polar surface area (TPSA) is 91.2 Å². The molecule has 2 atom stereocenters. The lowest BCUT2D eigenvalue weighted by Crippen LogP contribution is -2.36. The van der Waals surface area contributed by atoms with Crippen LogP contribution >= 0.6 is 0 Å². The van der Waals surface area contributed by atoms with Crippen molar-refractivity contribution in [2.24, 2.45) is 0 Å². The van der Waals surface area contributed by atoms with Gasteiger partial charge in [-0.15, -0.1) is 0 Å². The monoisotopic (exact) mass is 358 g/mol. The molecule has 2 N–H and O–H groups in total. The highest BCUT2D eigenvalue weighted by Gasteiger charge is 2.25. The van der Waals surface area contributed by atoms with E-state index in [1.54, 1.807) is 4.90 Å². The summed E-state index contributed by atoms with van der Waals surface area (Å²) in [6.45, 7) is 1.35. The molecule has 0 radical (unpaired) electrons. The second-order valence-corrected chi connectivity index (χ2v) is 7.68. The molecule has 2 aromatic heterocycles. The highest BCUT2D eigenvalue weighted by Crippen LogP contribution is 2.33. The number of pyridine rings is 1. The number of H-pyrrole nitrogens is 1. The third-order valence-electron chi connectivity index (χ3n) is 5.97. The van der Waals surface area contributed by atoms with Gasteiger partial charge in [-0.2, -0.15) is 0 Å². The Labute approximate surface area is 152 Å². The van der Waals surface area contributed by atoms with Crippen LogP contribution in [0.25, 0.3) is 11.2 Å². The van der Waals surface area contributed by atoms with Crippen LogP contribution in [0.4, 0.5) is 0 Å². The Morgan fingerprint density at radius 3 is 2.73 bits per heavy atom. The summed E-state index contributed by atoms with van der Waals surface area (Å²) in [5, 5.41) is 10.1. The van der Waals surface area contributed by atoms with Crippen LogP contribution in [-0.4, -0.2) is 50.1 Å². The van der Waals surface area contributed by atoms with Crippen LogP contribution in [0.1, 0.15) is 62.5 Å². The van der Waals surface area contributed by atoms with Crippen molar-refractivity contribution in [3.05, 3.63) is 28.3 Å². The highest BCUT2D eigenvalue weighted by molar-refractivity contribution is 5.71. The van der Waals surface area contributed by atoms with E-state index in [0.29, 0.717) is 24.7 Å². The fourth-order valence-electron chi connectivity index (χ4n) is 4.49. The second-order valence-electron chi connectivity index (χ2n) is 7.68. The maximum absolute atomic E-state index is 12.5. The van der Waals surface area contributed by atoms with E-state index in [1.165, 1.54) is 0 Å². The van der Waals surface area contributed by atoms with Crippen LogP contribution in [0, 0.1) is 0 Å². The van der Waals surface area contributed by atoms with E-state index in [1.807, 2.05) is 10.8 Å². The molecule has 2 aliphatic rings. The quantitative estimate of drug-likeness (QED) is 0.648. The average Bonchev–Trinajstić information content (AvgIpc) is 2.82. The SMILES string of the molecule is O=CN1CCC(n2c(=O)[nH]c3ncc(C4CCCCC(O)C4)cc32)CC1. The Bertz CT molecular complexity index is 835. The largest absolute Gasteiger partial charge is 0.393 e. The first-order valence-electron chi connectivity index (χ1n) is 9.63. The van der Waals surface area contributed by atoms with Crippen LogP contribution in [0.3, 0.4) is 0 Å². The number of piperidine rings is 1. The second kappa shape index (κ2) is 7.23. The van der Waals surface area contributed by atoms with Crippen molar-refractivity contribution in [1.82, 2.24) is 19.4 Å². The van der Waals surface area contributed by atoms with E-state index >= 15 is 0 Å². The zero-order valence-electron chi connectivity index (χ0n) is 14.9. The third kappa shape index (κ3) is 3.28. The van der Waals surface area contributed by atoms with E-state index in [2.05, 4.69) is 16.0 Å². The van der Waals surface area contributed by atoms with Crippen molar-refractivity contribution in [1.29, 1.82) is 0 Å². The van der Waals surface area contributed by atoms with Crippen molar-refractivity contribution >= 4 is 17.6 Å². The summed E-state index contributed by atoms with van der Waals surface area (Å²) >= 11 is 0. The molecule has 1 saturated carbocycles. The zero-order chi connectivity index (χ0) is 18.1. The molecule has 4 rings (SSSR count). The van der Waals surface area contributed by atoms with Gasteiger partial charge in [-0.05, 0) is 49.7 Å². The molecule has 0 bridgehead atoms. The molecule has 2 aromatic rings. The molecule has 1 aliphatic heterocycles. The lowest BCUT2D eigenvalue weighted by molar-refractivity contribution is -0.119. The molecule has 140 valence electrons. The van der Waals surface area contributed by atoms with Gasteiger partial charge in [0, 0.05) is 25.3 Å². The van der Waals surface area contributed by atoms with Gasteiger partial charge in [-0.1, -0.05) is 12.8 Å². The lowest BCUT2D eigenvalue weighted by atomic mass is 9.92. The Kier molecular flexibility index (Phi) is 4.80. The number of likely N-dealkylation sites (tertiary alicyclic amines) is 1. The molecule has 7 nitrogen and oxygen atoms in total. The zero-order valence-corrected chi connectivity index (χ0v) is 14.9. The predicted molar refractivity (Wildman–Crippen MR) is 98.1 cm³/mol. The summed E-state index contributed by atoms with van der Waals surface area (Å²) in [6.07, 6.45) is 8.90. The Balaban J connectivity index is 1.67.